The number of carbonyl (C=O) groups is 2. The van der Waals surface area contributed by atoms with Crippen LogP contribution < -0.4 is 0 Å². The van der Waals surface area contributed by atoms with Gasteiger partial charge in [-0.15, -0.1) is 35.3 Å². The molecule has 0 aliphatic rings. The van der Waals surface area contributed by atoms with E-state index in [0.717, 1.165) is 34.8 Å². The zero-order valence-corrected chi connectivity index (χ0v) is 23.2. The van der Waals surface area contributed by atoms with Crippen LogP contribution in [0, 0.1) is 0 Å². The molecule has 0 bridgehead atoms. The van der Waals surface area contributed by atoms with Gasteiger partial charge in [0.1, 0.15) is 0 Å². The van der Waals surface area contributed by atoms with Crippen LogP contribution in [0.5, 0.6) is 0 Å². The molecule has 37 heavy (non-hydrogen) atoms. The van der Waals surface area contributed by atoms with E-state index in [2.05, 4.69) is 24.3 Å². The van der Waals surface area contributed by atoms with Crippen LogP contribution in [0.25, 0.3) is 0 Å². The summed E-state index contributed by atoms with van der Waals surface area (Å²) in [5.41, 5.74) is 0.917. The van der Waals surface area contributed by atoms with Crippen LogP contribution >= 0.6 is 35.3 Å². The van der Waals surface area contributed by atoms with Gasteiger partial charge in [0.25, 0.3) is 0 Å². The van der Waals surface area contributed by atoms with Gasteiger partial charge < -0.3 is 14.9 Å². The Morgan fingerprint density at radius 3 is 2.05 bits per heavy atom. The standard InChI is InChI=1S/C29H32O5S3/c1-34-29(33)26(30)27(37-25-18-10-8-16-23(25)28(31)32)22-15-7-9-17-24(22)36-20-12-3-2-11-19-35-21-13-5-4-6-14-21/h4-10,13-18,26-27,30H,2-3,11-12,19-20H2,1H3,(H,31,32). The van der Waals surface area contributed by atoms with E-state index >= 15 is 0 Å². The second-order valence-corrected chi connectivity index (χ2v) is 11.8. The van der Waals surface area contributed by atoms with Gasteiger partial charge in [-0.2, -0.15) is 0 Å². The van der Waals surface area contributed by atoms with E-state index in [-0.39, 0.29) is 5.56 Å². The molecular formula is C29H32O5S3. The highest BCUT2D eigenvalue weighted by atomic mass is 32.2. The van der Waals surface area contributed by atoms with Crippen LogP contribution in [-0.2, 0) is 9.53 Å². The van der Waals surface area contributed by atoms with Crippen molar-refractivity contribution in [3.63, 3.8) is 0 Å². The number of ether oxygens (including phenoxy) is 1. The third-order valence-electron chi connectivity index (χ3n) is 5.63. The Hall–Kier alpha value is -2.39. The number of thioether (sulfide) groups is 3. The van der Waals surface area contributed by atoms with Crippen molar-refractivity contribution < 1.29 is 24.5 Å². The quantitative estimate of drug-likeness (QED) is 0.116. The molecule has 2 N–H and O–H groups in total. The fourth-order valence-electron chi connectivity index (χ4n) is 3.72. The number of carboxylic acids is 1. The number of unbranched alkanes of at least 4 members (excludes halogenated alkanes) is 3. The molecule has 2 atom stereocenters. The first kappa shape index (κ1) is 29.2. The van der Waals surface area contributed by atoms with E-state index in [1.54, 1.807) is 30.0 Å². The summed E-state index contributed by atoms with van der Waals surface area (Å²) in [6.07, 6.45) is 3.11. The zero-order valence-electron chi connectivity index (χ0n) is 20.7. The van der Waals surface area contributed by atoms with Crippen LogP contribution in [0.3, 0.4) is 0 Å². The predicted octanol–water partition coefficient (Wildman–Crippen LogP) is 7.20. The van der Waals surface area contributed by atoms with Crippen molar-refractivity contribution in [2.45, 2.75) is 51.7 Å². The highest BCUT2D eigenvalue weighted by molar-refractivity contribution is 8.00. The first-order chi connectivity index (χ1) is 18.0. The lowest BCUT2D eigenvalue weighted by atomic mass is 10.1. The Bertz CT molecular complexity index is 1140. The average molecular weight is 557 g/mol. The molecule has 0 aliphatic heterocycles. The zero-order chi connectivity index (χ0) is 26.5. The number of aliphatic hydroxyl groups excluding tert-OH is 1. The molecule has 2 unspecified atom stereocenters. The lowest BCUT2D eigenvalue weighted by molar-refractivity contribution is -0.150. The molecular weight excluding hydrogens is 525 g/mol. The topological polar surface area (TPSA) is 83.8 Å². The van der Waals surface area contributed by atoms with Crippen LogP contribution in [0.15, 0.2) is 93.5 Å². The van der Waals surface area contributed by atoms with Gasteiger partial charge in [-0.1, -0.05) is 61.4 Å². The molecule has 0 aromatic heterocycles. The van der Waals surface area contributed by atoms with E-state index in [4.69, 9.17) is 4.74 Å². The van der Waals surface area contributed by atoms with Gasteiger partial charge in [-0.3, -0.25) is 0 Å². The molecule has 3 aromatic carbocycles. The molecule has 3 aromatic rings. The second kappa shape index (κ2) is 15.8. The normalized spacial score (nSPS) is 12.6. The number of carboxylic acid groups (broad SMARTS) is 1. The Kier molecular flexibility index (Phi) is 12.4. The molecule has 0 spiro atoms. The maximum Gasteiger partial charge on any atom is 0.336 e. The Morgan fingerprint density at radius 2 is 1.38 bits per heavy atom. The number of benzene rings is 3. The number of carbonyl (C=O) groups excluding carboxylic acids is 1. The van der Waals surface area contributed by atoms with Gasteiger partial charge in [0.05, 0.1) is 17.9 Å². The lowest BCUT2D eigenvalue weighted by Gasteiger charge is -2.24. The summed E-state index contributed by atoms with van der Waals surface area (Å²) in [6.45, 7) is 0. The third kappa shape index (κ3) is 9.14. The SMILES string of the molecule is COC(=O)C(O)C(Sc1ccccc1C(=O)O)c1ccccc1SCCCCCCSc1ccccc1. The molecule has 0 saturated carbocycles. The summed E-state index contributed by atoms with van der Waals surface area (Å²) < 4.78 is 4.82. The van der Waals surface area contributed by atoms with E-state index in [1.807, 2.05) is 42.1 Å². The Labute approximate surface area is 231 Å². The van der Waals surface area contributed by atoms with Crippen LogP contribution in [-0.4, -0.2) is 46.9 Å². The second-order valence-electron chi connectivity index (χ2n) is 8.27. The van der Waals surface area contributed by atoms with Gasteiger partial charge in [-0.05, 0) is 60.2 Å². The van der Waals surface area contributed by atoms with Crippen LogP contribution in [0.4, 0.5) is 0 Å². The first-order valence-corrected chi connectivity index (χ1v) is 15.0. The average Bonchev–Trinajstić information content (AvgIpc) is 2.93. The molecule has 3 rings (SSSR count). The summed E-state index contributed by atoms with van der Waals surface area (Å²) in [5, 5.41) is 19.8. The maximum atomic E-state index is 12.3. The number of hydrogen-bond acceptors (Lipinski definition) is 7. The minimum Gasteiger partial charge on any atom is -0.478 e. The van der Waals surface area contributed by atoms with Crippen LogP contribution in [0.1, 0.15) is 46.9 Å². The van der Waals surface area contributed by atoms with Crippen LogP contribution in [0.2, 0.25) is 0 Å². The number of aliphatic hydroxyl groups is 1. The van der Waals surface area contributed by atoms with Crippen molar-refractivity contribution in [2.24, 2.45) is 0 Å². The minimum atomic E-state index is -1.44. The third-order valence-corrected chi connectivity index (χ3v) is 9.28. The van der Waals surface area contributed by atoms with Crippen molar-refractivity contribution in [3.8, 4) is 0 Å². The molecule has 0 amide bonds. The van der Waals surface area contributed by atoms with Gasteiger partial charge in [0, 0.05) is 14.7 Å². The summed E-state index contributed by atoms with van der Waals surface area (Å²) in [4.78, 5) is 26.8. The summed E-state index contributed by atoms with van der Waals surface area (Å²) in [6, 6.07) is 24.7. The number of aromatic carboxylic acids is 1. The number of esters is 1. The molecule has 0 saturated heterocycles. The van der Waals surface area contributed by atoms with Gasteiger partial charge in [-0.25, -0.2) is 9.59 Å². The fraction of sp³-hybridized carbons (Fsp3) is 0.310. The molecule has 0 radical (unpaired) electrons. The number of hydrogen-bond donors (Lipinski definition) is 2. The van der Waals surface area contributed by atoms with E-state index in [9.17, 15) is 19.8 Å². The molecule has 0 aliphatic carbocycles. The van der Waals surface area contributed by atoms with Crippen molar-refractivity contribution in [1.82, 2.24) is 0 Å². The van der Waals surface area contributed by atoms with Crippen molar-refractivity contribution in [3.05, 3.63) is 90.0 Å². The molecule has 8 heteroatoms. The Morgan fingerprint density at radius 1 is 0.784 bits per heavy atom. The Balaban J connectivity index is 1.61. The van der Waals surface area contributed by atoms with Crippen molar-refractivity contribution in [2.75, 3.05) is 18.6 Å². The highest BCUT2D eigenvalue weighted by Gasteiger charge is 2.32. The predicted molar refractivity (Wildman–Crippen MR) is 153 cm³/mol. The highest BCUT2D eigenvalue weighted by Crippen LogP contribution is 2.43. The summed E-state index contributed by atoms with van der Waals surface area (Å²) >= 11 is 4.75. The summed E-state index contributed by atoms with van der Waals surface area (Å²) in [5.74, 6) is 0.222. The number of methoxy groups -OCH3 is 1. The van der Waals surface area contributed by atoms with E-state index in [0.29, 0.717) is 4.90 Å². The van der Waals surface area contributed by atoms with Gasteiger partial charge in [0.2, 0.25) is 0 Å². The van der Waals surface area contributed by atoms with E-state index in [1.165, 1.54) is 42.7 Å². The molecule has 196 valence electrons. The fourth-order valence-corrected chi connectivity index (χ4v) is 7.12. The largest absolute Gasteiger partial charge is 0.478 e. The lowest BCUT2D eigenvalue weighted by Crippen LogP contribution is -2.28. The maximum absolute atomic E-state index is 12.3. The van der Waals surface area contributed by atoms with Gasteiger partial charge in [0.15, 0.2) is 6.10 Å². The van der Waals surface area contributed by atoms with E-state index < -0.39 is 23.3 Å². The summed E-state index contributed by atoms with van der Waals surface area (Å²) in [7, 11) is 1.23. The minimum absolute atomic E-state index is 0.130. The van der Waals surface area contributed by atoms with Gasteiger partial charge >= 0.3 is 11.9 Å². The molecule has 0 heterocycles. The van der Waals surface area contributed by atoms with Crippen molar-refractivity contribution in [1.29, 1.82) is 0 Å². The smallest absolute Gasteiger partial charge is 0.336 e. The number of rotatable bonds is 15. The first-order valence-electron chi connectivity index (χ1n) is 12.2. The van der Waals surface area contributed by atoms with Crippen molar-refractivity contribution >= 4 is 47.2 Å². The molecule has 0 fully saturated rings. The molecule has 5 nitrogen and oxygen atoms in total. The monoisotopic (exact) mass is 556 g/mol.